The van der Waals surface area contributed by atoms with Gasteiger partial charge in [0.1, 0.15) is 0 Å². The number of carbonyl (C=O) groups excluding carboxylic acids is 1. The van der Waals surface area contributed by atoms with Crippen molar-refractivity contribution in [3.63, 3.8) is 0 Å². The van der Waals surface area contributed by atoms with Crippen LogP contribution in [0.3, 0.4) is 0 Å². The van der Waals surface area contributed by atoms with Gasteiger partial charge in [0.05, 0.1) is 24.5 Å². The molecule has 0 spiro atoms. The maximum atomic E-state index is 12.3. The Hall–Kier alpha value is -0.620. The largest absolute Gasteiger partial charge is 0.469 e. The quantitative estimate of drug-likeness (QED) is 0.597. The molecule has 1 aliphatic rings. The summed E-state index contributed by atoms with van der Waals surface area (Å²) in [6.45, 7) is 0. The Morgan fingerprint density at radius 3 is 2.56 bits per heavy atom. The van der Waals surface area contributed by atoms with E-state index in [1.165, 1.54) is 7.11 Å². The summed E-state index contributed by atoms with van der Waals surface area (Å²) in [6, 6.07) is 0.00940. The minimum atomic E-state index is -3.24. The second-order valence-electron chi connectivity index (χ2n) is 4.76. The summed E-state index contributed by atoms with van der Waals surface area (Å²) in [5.74, 6) is -0.573. The van der Waals surface area contributed by atoms with Crippen LogP contribution in [-0.4, -0.2) is 45.6 Å². The molecular formula is C12H23NO4S. The Balaban J connectivity index is 2.70. The summed E-state index contributed by atoms with van der Waals surface area (Å²) in [5.41, 5.74) is 0. The lowest BCUT2D eigenvalue weighted by atomic mass is 10.1. The van der Waals surface area contributed by atoms with Gasteiger partial charge in [-0.25, -0.2) is 8.42 Å². The van der Waals surface area contributed by atoms with E-state index in [0.29, 0.717) is 6.42 Å². The van der Waals surface area contributed by atoms with Gasteiger partial charge in [0.15, 0.2) is 9.84 Å². The third-order valence-electron chi connectivity index (χ3n) is 3.60. The number of ether oxygens (including phenoxy) is 1. The average Bonchev–Trinajstić information content (AvgIpc) is 2.61. The molecule has 1 saturated carbocycles. The monoisotopic (exact) mass is 277 g/mol. The minimum absolute atomic E-state index is 0.00940. The van der Waals surface area contributed by atoms with E-state index in [1.54, 1.807) is 7.05 Å². The maximum Gasteiger partial charge on any atom is 0.306 e. The van der Waals surface area contributed by atoms with Crippen molar-refractivity contribution in [2.45, 2.75) is 49.8 Å². The van der Waals surface area contributed by atoms with Crippen LogP contribution < -0.4 is 5.32 Å². The molecule has 2 atom stereocenters. The molecule has 0 saturated heterocycles. The molecule has 0 radical (unpaired) electrons. The highest BCUT2D eigenvalue weighted by Gasteiger charge is 2.33. The van der Waals surface area contributed by atoms with Crippen molar-refractivity contribution in [1.29, 1.82) is 0 Å². The van der Waals surface area contributed by atoms with Crippen molar-refractivity contribution in [2.24, 2.45) is 0 Å². The highest BCUT2D eigenvalue weighted by Crippen LogP contribution is 2.24. The second-order valence-corrected chi connectivity index (χ2v) is 7.10. The van der Waals surface area contributed by atoms with E-state index in [1.807, 2.05) is 0 Å². The molecule has 18 heavy (non-hydrogen) atoms. The first-order valence-corrected chi connectivity index (χ1v) is 8.18. The summed E-state index contributed by atoms with van der Waals surface area (Å²) < 4.78 is 29.1. The highest BCUT2D eigenvalue weighted by atomic mass is 32.2. The van der Waals surface area contributed by atoms with Gasteiger partial charge >= 0.3 is 5.97 Å². The summed E-state index contributed by atoms with van der Waals surface area (Å²) >= 11 is 0. The average molecular weight is 277 g/mol. The molecule has 1 N–H and O–H groups in total. The van der Waals surface area contributed by atoms with E-state index in [0.717, 1.165) is 25.7 Å². The van der Waals surface area contributed by atoms with Crippen LogP contribution in [0.15, 0.2) is 0 Å². The van der Waals surface area contributed by atoms with Crippen molar-refractivity contribution in [3.8, 4) is 0 Å². The molecule has 1 rings (SSSR count). The number of esters is 1. The highest BCUT2D eigenvalue weighted by molar-refractivity contribution is 7.92. The zero-order valence-electron chi connectivity index (χ0n) is 11.1. The van der Waals surface area contributed by atoms with Crippen LogP contribution >= 0.6 is 0 Å². The molecule has 0 aliphatic heterocycles. The van der Waals surface area contributed by atoms with Crippen LogP contribution in [0.4, 0.5) is 0 Å². The van der Waals surface area contributed by atoms with Crippen LogP contribution in [0.2, 0.25) is 0 Å². The number of hydrogen-bond donors (Lipinski definition) is 1. The molecule has 6 heteroatoms. The molecule has 1 aliphatic carbocycles. The smallest absolute Gasteiger partial charge is 0.306 e. The topological polar surface area (TPSA) is 72.5 Å². The lowest BCUT2D eigenvalue weighted by molar-refractivity contribution is -0.140. The fraction of sp³-hybridized carbons (Fsp3) is 0.917. The summed E-state index contributed by atoms with van der Waals surface area (Å²) in [5, 5.41) is 2.74. The molecular weight excluding hydrogens is 254 g/mol. The standard InChI is InChI=1S/C12H23NO4S/c1-13-10-6-4-3-5-7-11(10)18(15,16)9-8-12(14)17-2/h10-11,13H,3-9H2,1-2H3. The predicted molar refractivity (Wildman–Crippen MR) is 70.1 cm³/mol. The second kappa shape index (κ2) is 7.09. The molecule has 0 heterocycles. The Morgan fingerprint density at radius 1 is 1.28 bits per heavy atom. The zero-order chi connectivity index (χ0) is 13.6. The zero-order valence-corrected chi connectivity index (χ0v) is 12.0. The van der Waals surface area contributed by atoms with E-state index in [-0.39, 0.29) is 23.5 Å². The van der Waals surface area contributed by atoms with E-state index >= 15 is 0 Å². The third kappa shape index (κ3) is 4.24. The number of hydrogen-bond acceptors (Lipinski definition) is 5. The van der Waals surface area contributed by atoms with Crippen molar-refractivity contribution in [1.82, 2.24) is 5.32 Å². The van der Waals surface area contributed by atoms with E-state index in [9.17, 15) is 13.2 Å². The first-order valence-electron chi connectivity index (χ1n) is 6.47. The number of carbonyl (C=O) groups is 1. The van der Waals surface area contributed by atoms with Gasteiger partial charge in [-0.05, 0) is 19.9 Å². The van der Waals surface area contributed by atoms with Crippen LogP contribution in [0.1, 0.15) is 38.5 Å². The summed E-state index contributed by atoms with van der Waals surface area (Å²) in [7, 11) is -0.157. The Kier molecular flexibility index (Phi) is 6.08. The number of rotatable bonds is 5. The van der Waals surface area contributed by atoms with Gasteiger partial charge < -0.3 is 10.1 Å². The summed E-state index contributed by atoms with van der Waals surface area (Å²) in [6.07, 6.45) is 4.62. The van der Waals surface area contributed by atoms with Crippen molar-refractivity contribution < 1.29 is 17.9 Å². The molecule has 0 aromatic heterocycles. The van der Waals surface area contributed by atoms with Gasteiger partial charge in [0.2, 0.25) is 0 Å². The van der Waals surface area contributed by atoms with E-state index < -0.39 is 15.8 Å². The van der Waals surface area contributed by atoms with E-state index in [4.69, 9.17) is 0 Å². The Bertz CT molecular complexity index is 366. The molecule has 2 unspecified atom stereocenters. The van der Waals surface area contributed by atoms with Gasteiger partial charge in [0, 0.05) is 6.04 Å². The third-order valence-corrected chi connectivity index (χ3v) is 5.86. The molecule has 106 valence electrons. The Labute approximate surface area is 109 Å². The Morgan fingerprint density at radius 2 is 1.94 bits per heavy atom. The van der Waals surface area contributed by atoms with Crippen molar-refractivity contribution in [3.05, 3.63) is 0 Å². The van der Waals surface area contributed by atoms with Gasteiger partial charge in [-0.2, -0.15) is 0 Å². The molecule has 0 aromatic rings. The number of nitrogens with one attached hydrogen (secondary N) is 1. The lowest BCUT2D eigenvalue weighted by Gasteiger charge is -2.24. The predicted octanol–water partition coefficient (Wildman–Crippen LogP) is 0.885. The molecule has 0 bridgehead atoms. The molecule has 0 amide bonds. The first kappa shape index (κ1) is 15.4. The minimum Gasteiger partial charge on any atom is -0.469 e. The molecule has 1 fully saturated rings. The van der Waals surface area contributed by atoms with Gasteiger partial charge in [-0.15, -0.1) is 0 Å². The van der Waals surface area contributed by atoms with Crippen molar-refractivity contribution >= 4 is 15.8 Å². The first-order chi connectivity index (χ1) is 8.51. The van der Waals surface area contributed by atoms with Crippen molar-refractivity contribution in [2.75, 3.05) is 19.9 Å². The van der Waals surface area contributed by atoms with E-state index in [2.05, 4.69) is 10.1 Å². The van der Waals surface area contributed by atoms with Gasteiger partial charge in [-0.1, -0.05) is 19.3 Å². The van der Waals surface area contributed by atoms with Crippen LogP contribution in [-0.2, 0) is 19.4 Å². The molecule has 5 nitrogen and oxygen atoms in total. The molecule has 0 aromatic carbocycles. The van der Waals surface area contributed by atoms with Crippen LogP contribution in [0.5, 0.6) is 0 Å². The lowest BCUT2D eigenvalue weighted by Crippen LogP contribution is -2.43. The van der Waals surface area contributed by atoms with Crippen LogP contribution in [0.25, 0.3) is 0 Å². The van der Waals surface area contributed by atoms with Gasteiger partial charge in [-0.3, -0.25) is 4.79 Å². The SMILES string of the molecule is CNC1CCCCCC1S(=O)(=O)CCC(=O)OC. The fourth-order valence-corrected chi connectivity index (χ4v) is 4.57. The number of sulfone groups is 1. The fourth-order valence-electron chi connectivity index (χ4n) is 2.51. The summed E-state index contributed by atoms with van der Waals surface area (Å²) in [4.78, 5) is 11.1. The van der Waals surface area contributed by atoms with Crippen LogP contribution in [0, 0.1) is 0 Å². The number of methoxy groups -OCH3 is 1. The maximum absolute atomic E-state index is 12.3. The van der Waals surface area contributed by atoms with Gasteiger partial charge in [0.25, 0.3) is 0 Å². The normalized spacial score (nSPS) is 25.4.